The van der Waals surface area contributed by atoms with Crippen LogP contribution in [0, 0.1) is 11.3 Å². The second-order valence-corrected chi connectivity index (χ2v) is 6.39. The van der Waals surface area contributed by atoms with Crippen molar-refractivity contribution >= 4 is 29.4 Å². The quantitative estimate of drug-likeness (QED) is 0.594. The van der Waals surface area contributed by atoms with Gasteiger partial charge in [-0.3, -0.25) is 19.3 Å². The molecule has 0 radical (unpaired) electrons. The molecule has 2 aromatic rings. The van der Waals surface area contributed by atoms with Crippen LogP contribution in [0.15, 0.2) is 48.5 Å². The number of anilines is 1. The summed E-state index contributed by atoms with van der Waals surface area (Å²) in [4.78, 5) is 49.9. The molecule has 0 fully saturated rings. The number of benzene rings is 2. The molecule has 8 nitrogen and oxygen atoms in total. The van der Waals surface area contributed by atoms with Crippen LogP contribution in [0.25, 0.3) is 0 Å². The minimum atomic E-state index is -1.17. The maximum absolute atomic E-state index is 12.4. The van der Waals surface area contributed by atoms with E-state index in [0.717, 1.165) is 10.5 Å². The molecule has 1 N–H and O–H groups in total. The number of ether oxygens (including phenoxy) is 1. The van der Waals surface area contributed by atoms with Crippen LogP contribution in [0.5, 0.6) is 0 Å². The maximum Gasteiger partial charge on any atom is 0.329 e. The van der Waals surface area contributed by atoms with E-state index >= 15 is 0 Å². The van der Waals surface area contributed by atoms with Crippen molar-refractivity contribution in [3.8, 4) is 6.07 Å². The van der Waals surface area contributed by atoms with Gasteiger partial charge in [0, 0.05) is 5.69 Å². The van der Waals surface area contributed by atoms with Gasteiger partial charge in [-0.05, 0) is 36.8 Å². The highest BCUT2D eigenvalue weighted by Crippen LogP contribution is 2.24. The second-order valence-electron chi connectivity index (χ2n) is 6.39. The first kappa shape index (κ1) is 19.8. The highest BCUT2D eigenvalue weighted by atomic mass is 16.5. The van der Waals surface area contributed by atoms with Crippen LogP contribution in [0.2, 0.25) is 0 Å². The molecule has 0 spiro atoms. The number of carbonyl (C=O) groups is 4. The first-order valence-corrected chi connectivity index (χ1v) is 8.81. The lowest BCUT2D eigenvalue weighted by Gasteiger charge is -2.20. The van der Waals surface area contributed by atoms with Crippen LogP contribution in [-0.4, -0.2) is 41.2 Å². The number of imide groups is 1. The van der Waals surface area contributed by atoms with Gasteiger partial charge < -0.3 is 10.1 Å². The average molecular weight is 391 g/mol. The van der Waals surface area contributed by atoms with Crippen LogP contribution in [0.1, 0.15) is 33.2 Å². The van der Waals surface area contributed by atoms with Crippen molar-refractivity contribution in [3.05, 3.63) is 65.2 Å². The van der Waals surface area contributed by atoms with Gasteiger partial charge in [0.1, 0.15) is 6.04 Å². The third-order valence-corrected chi connectivity index (χ3v) is 4.42. The van der Waals surface area contributed by atoms with Crippen molar-refractivity contribution in [3.63, 3.8) is 0 Å². The molecule has 0 unspecified atom stereocenters. The number of esters is 1. The SMILES string of the molecule is C[C@H](C(=O)OCC(=O)Nc1ccc(CC#N)cc1)N1C(=O)c2ccccc2C1=O. The number of nitrogens with zero attached hydrogens (tertiary/aromatic N) is 2. The van der Waals surface area contributed by atoms with Gasteiger partial charge in [-0.15, -0.1) is 0 Å². The zero-order valence-corrected chi connectivity index (χ0v) is 15.5. The molecule has 1 heterocycles. The summed E-state index contributed by atoms with van der Waals surface area (Å²) >= 11 is 0. The number of hydrogen-bond acceptors (Lipinski definition) is 6. The fraction of sp³-hybridized carbons (Fsp3) is 0.190. The molecule has 1 aliphatic rings. The fourth-order valence-electron chi connectivity index (χ4n) is 2.92. The minimum absolute atomic E-state index is 0.231. The molecular formula is C21H17N3O5. The normalized spacial score (nSPS) is 13.4. The molecule has 29 heavy (non-hydrogen) atoms. The van der Waals surface area contributed by atoms with Crippen LogP contribution >= 0.6 is 0 Å². The minimum Gasteiger partial charge on any atom is -0.454 e. The molecule has 0 bridgehead atoms. The largest absolute Gasteiger partial charge is 0.454 e. The maximum atomic E-state index is 12.4. The summed E-state index contributed by atoms with van der Waals surface area (Å²) in [5, 5.41) is 11.2. The van der Waals surface area contributed by atoms with Crippen LogP contribution in [-0.2, 0) is 20.7 Å². The monoisotopic (exact) mass is 391 g/mol. The summed E-state index contributed by atoms with van der Waals surface area (Å²) in [5.41, 5.74) is 1.76. The van der Waals surface area contributed by atoms with E-state index in [1.807, 2.05) is 6.07 Å². The Labute approximate surface area is 166 Å². The summed E-state index contributed by atoms with van der Waals surface area (Å²) < 4.78 is 4.97. The molecule has 3 rings (SSSR count). The first-order valence-electron chi connectivity index (χ1n) is 8.81. The van der Waals surface area contributed by atoms with Crippen LogP contribution < -0.4 is 5.32 Å². The molecule has 0 saturated carbocycles. The Morgan fingerprint density at radius 2 is 1.66 bits per heavy atom. The summed E-state index contributed by atoms with van der Waals surface area (Å²) in [7, 11) is 0. The van der Waals surface area contributed by atoms with Gasteiger partial charge in [0.05, 0.1) is 23.6 Å². The number of hydrogen-bond donors (Lipinski definition) is 1. The smallest absolute Gasteiger partial charge is 0.329 e. The number of rotatable bonds is 6. The Kier molecular flexibility index (Phi) is 5.69. The molecule has 0 aliphatic carbocycles. The summed E-state index contributed by atoms with van der Waals surface area (Å²) in [6.07, 6.45) is 0.265. The van der Waals surface area contributed by atoms with E-state index in [0.29, 0.717) is 5.69 Å². The van der Waals surface area contributed by atoms with E-state index in [-0.39, 0.29) is 17.5 Å². The van der Waals surface area contributed by atoms with Crippen molar-refractivity contribution in [1.82, 2.24) is 4.90 Å². The predicted octanol–water partition coefficient (Wildman–Crippen LogP) is 1.92. The van der Waals surface area contributed by atoms with Crippen molar-refractivity contribution in [2.24, 2.45) is 0 Å². The first-order chi connectivity index (χ1) is 13.9. The standard InChI is InChI=1S/C21H17N3O5/c1-13(24-19(26)16-4-2-3-5-17(16)20(24)27)21(28)29-12-18(25)23-15-8-6-14(7-9-15)10-11-22/h2-9,13H,10,12H2,1H3,(H,23,25)/t13-/m1/s1. The highest BCUT2D eigenvalue weighted by Gasteiger charge is 2.41. The van der Waals surface area contributed by atoms with Crippen LogP contribution in [0.3, 0.4) is 0 Å². The molecule has 1 aliphatic heterocycles. The molecule has 3 amide bonds. The van der Waals surface area contributed by atoms with Gasteiger partial charge >= 0.3 is 5.97 Å². The van der Waals surface area contributed by atoms with Gasteiger partial charge in [0.2, 0.25) is 0 Å². The number of nitrogens with one attached hydrogen (secondary N) is 1. The van der Waals surface area contributed by atoms with E-state index < -0.39 is 36.3 Å². The zero-order chi connectivity index (χ0) is 21.0. The predicted molar refractivity (Wildman–Crippen MR) is 102 cm³/mol. The lowest BCUT2D eigenvalue weighted by Crippen LogP contribution is -2.44. The fourth-order valence-corrected chi connectivity index (χ4v) is 2.92. The molecule has 0 saturated heterocycles. The summed E-state index contributed by atoms with van der Waals surface area (Å²) in [6, 6.07) is 13.8. The van der Waals surface area contributed by atoms with Crippen molar-refractivity contribution in [2.45, 2.75) is 19.4 Å². The average Bonchev–Trinajstić information content (AvgIpc) is 2.98. The third kappa shape index (κ3) is 4.14. The highest BCUT2D eigenvalue weighted by molar-refractivity contribution is 6.22. The summed E-state index contributed by atoms with van der Waals surface area (Å²) in [5.74, 6) is -2.58. The van der Waals surface area contributed by atoms with Crippen LogP contribution in [0.4, 0.5) is 5.69 Å². The Morgan fingerprint density at radius 3 is 2.21 bits per heavy atom. The Bertz CT molecular complexity index is 988. The Morgan fingerprint density at radius 1 is 1.07 bits per heavy atom. The Hall–Kier alpha value is -3.99. The van der Waals surface area contributed by atoms with E-state index in [1.165, 1.54) is 19.1 Å². The van der Waals surface area contributed by atoms with Crippen molar-refractivity contribution in [2.75, 3.05) is 11.9 Å². The third-order valence-electron chi connectivity index (χ3n) is 4.42. The number of nitriles is 1. The molecule has 146 valence electrons. The van der Waals surface area contributed by atoms with Crippen molar-refractivity contribution < 1.29 is 23.9 Å². The molecule has 1 atom stereocenters. The van der Waals surface area contributed by atoms with E-state index in [9.17, 15) is 19.2 Å². The lowest BCUT2D eigenvalue weighted by atomic mass is 10.1. The number of amides is 3. The molecule has 8 heteroatoms. The van der Waals surface area contributed by atoms with E-state index in [2.05, 4.69) is 5.32 Å². The lowest BCUT2D eigenvalue weighted by molar-refractivity contribution is -0.150. The zero-order valence-electron chi connectivity index (χ0n) is 15.5. The van der Waals surface area contributed by atoms with Gasteiger partial charge in [0.25, 0.3) is 17.7 Å². The topological polar surface area (TPSA) is 117 Å². The number of carbonyl (C=O) groups excluding carboxylic acids is 4. The summed E-state index contributed by atoms with van der Waals surface area (Å²) in [6.45, 7) is 0.808. The van der Waals surface area contributed by atoms with Gasteiger partial charge in [-0.25, -0.2) is 4.79 Å². The molecular weight excluding hydrogens is 374 g/mol. The molecule has 2 aromatic carbocycles. The molecule has 0 aromatic heterocycles. The van der Waals surface area contributed by atoms with Gasteiger partial charge in [-0.1, -0.05) is 24.3 Å². The second kappa shape index (κ2) is 8.35. The van der Waals surface area contributed by atoms with Crippen molar-refractivity contribution in [1.29, 1.82) is 5.26 Å². The number of fused-ring (bicyclic) bond motifs is 1. The van der Waals surface area contributed by atoms with Gasteiger partial charge in [0.15, 0.2) is 6.61 Å². The Balaban J connectivity index is 1.55. The van der Waals surface area contributed by atoms with E-state index in [1.54, 1.807) is 36.4 Å². The van der Waals surface area contributed by atoms with Gasteiger partial charge in [-0.2, -0.15) is 5.26 Å². The van der Waals surface area contributed by atoms with E-state index in [4.69, 9.17) is 10.00 Å².